The Bertz CT molecular complexity index is 399. The molecule has 0 aromatic carbocycles. The monoisotopic (exact) mass is 229 g/mol. The minimum atomic E-state index is -2.76. The molecule has 6 heteroatoms. The Morgan fingerprint density at radius 1 is 1.53 bits per heavy atom. The van der Waals surface area contributed by atoms with Gasteiger partial charge < -0.3 is 9.88 Å². The third-order valence-corrected chi connectivity index (χ3v) is 4.36. The number of nitrogens with one attached hydrogen (secondary N) is 1. The van der Waals surface area contributed by atoms with E-state index in [1.807, 2.05) is 10.8 Å². The first-order chi connectivity index (χ1) is 7.16. The fourth-order valence-electron chi connectivity index (χ4n) is 1.77. The van der Waals surface area contributed by atoms with Crippen LogP contribution in [-0.4, -0.2) is 42.1 Å². The first kappa shape index (κ1) is 10.6. The lowest BCUT2D eigenvalue weighted by atomic mass is 10.3. The van der Waals surface area contributed by atoms with Crippen LogP contribution < -0.4 is 5.32 Å². The molecule has 1 saturated heterocycles. The van der Waals surface area contributed by atoms with E-state index in [0.29, 0.717) is 5.75 Å². The molecule has 1 aromatic rings. The number of hydrogen-bond donors (Lipinski definition) is 1. The van der Waals surface area contributed by atoms with Crippen LogP contribution in [-0.2, 0) is 16.4 Å². The molecular weight excluding hydrogens is 214 g/mol. The Kier molecular flexibility index (Phi) is 3.06. The van der Waals surface area contributed by atoms with Crippen molar-refractivity contribution in [2.75, 3.05) is 18.1 Å². The van der Waals surface area contributed by atoms with Crippen LogP contribution in [0.5, 0.6) is 0 Å². The molecule has 1 aromatic heterocycles. The molecule has 15 heavy (non-hydrogen) atoms. The van der Waals surface area contributed by atoms with Crippen LogP contribution in [0.25, 0.3) is 0 Å². The Morgan fingerprint density at radius 2 is 2.40 bits per heavy atom. The predicted octanol–water partition coefficient (Wildman–Crippen LogP) is -0.340. The molecule has 1 aliphatic rings. The Hall–Kier alpha value is -0.880. The second kappa shape index (κ2) is 4.32. The number of imidazole rings is 1. The zero-order chi connectivity index (χ0) is 10.7. The topological polar surface area (TPSA) is 64.0 Å². The van der Waals surface area contributed by atoms with Crippen LogP contribution in [0.3, 0.4) is 0 Å². The molecule has 2 rings (SSSR count). The van der Waals surface area contributed by atoms with Gasteiger partial charge in [-0.05, 0) is 6.42 Å². The molecule has 1 atom stereocenters. The molecule has 2 heterocycles. The second-order valence-electron chi connectivity index (χ2n) is 3.85. The van der Waals surface area contributed by atoms with Crippen molar-refractivity contribution in [2.45, 2.75) is 19.0 Å². The maximum absolute atomic E-state index is 11.2. The number of hydrogen-bond acceptors (Lipinski definition) is 4. The molecule has 0 bridgehead atoms. The first-order valence-electron chi connectivity index (χ1n) is 5.05. The molecule has 1 unspecified atom stereocenters. The summed E-state index contributed by atoms with van der Waals surface area (Å²) in [5, 5.41) is 3.25. The highest BCUT2D eigenvalue weighted by molar-refractivity contribution is 7.91. The fraction of sp³-hybridized carbons (Fsp3) is 0.667. The van der Waals surface area contributed by atoms with E-state index in [2.05, 4.69) is 10.3 Å². The van der Waals surface area contributed by atoms with Gasteiger partial charge in [0, 0.05) is 31.5 Å². The second-order valence-corrected chi connectivity index (χ2v) is 6.08. The molecule has 0 spiro atoms. The van der Waals surface area contributed by atoms with Crippen molar-refractivity contribution in [1.29, 1.82) is 0 Å². The van der Waals surface area contributed by atoms with Crippen LogP contribution in [0.4, 0.5) is 0 Å². The zero-order valence-electron chi connectivity index (χ0n) is 8.46. The molecule has 0 aliphatic carbocycles. The largest absolute Gasteiger partial charge is 0.336 e. The average molecular weight is 229 g/mol. The highest BCUT2D eigenvalue weighted by Crippen LogP contribution is 2.10. The van der Waals surface area contributed by atoms with E-state index in [4.69, 9.17) is 0 Å². The Labute approximate surface area is 89.4 Å². The third-order valence-electron chi connectivity index (χ3n) is 2.59. The number of rotatable bonds is 4. The molecule has 5 nitrogen and oxygen atoms in total. The van der Waals surface area contributed by atoms with E-state index >= 15 is 0 Å². The van der Waals surface area contributed by atoms with Gasteiger partial charge in [-0.3, -0.25) is 0 Å². The van der Waals surface area contributed by atoms with Gasteiger partial charge in [0.15, 0.2) is 9.84 Å². The molecular formula is C9H15N3O2S. The summed E-state index contributed by atoms with van der Waals surface area (Å²) in [6.45, 7) is 1.62. The summed E-state index contributed by atoms with van der Waals surface area (Å²) in [5.41, 5.74) is 0. The van der Waals surface area contributed by atoms with Crippen molar-refractivity contribution in [2.24, 2.45) is 0 Å². The molecule has 84 valence electrons. The number of nitrogens with zero attached hydrogens (tertiary/aromatic N) is 2. The lowest BCUT2D eigenvalue weighted by Crippen LogP contribution is -2.32. The van der Waals surface area contributed by atoms with Crippen molar-refractivity contribution < 1.29 is 8.42 Å². The van der Waals surface area contributed by atoms with Crippen LogP contribution in [0.1, 0.15) is 6.42 Å². The van der Waals surface area contributed by atoms with Gasteiger partial charge in [0.2, 0.25) is 0 Å². The quantitative estimate of drug-likeness (QED) is 0.767. The van der Waals surface area contributed by atoms with E-state index in [0.717, 1.165) is 19.5 Å². The number of sulfone groups is 1. The minimum absolute atomic E-state index is 0.138. The maximum atomic E-state index is 11.2. The maximum Gasteiger partial charge on any atom is 0.151 e. The van der Waals surface area contributed by atoms with Crippen LogP contribution in [0, 0.1) is 0 Å². The molecule has 1 aliphatic heterocycles. The Balaban J connectivity index is 1.71. The van der Waals surface area contributed by atoms with Crippen molar-refractivity contribution in [1.82, 2.24) is 14.9 Å². The summed E-state index contributed by atoms with van der Waals surface area (Å²) in [4.78, 5) is 3.93. The average Bonchev–Trinajstić information content (AvgIpc) is 2.76. The van der Waals surface area contributed by atoms with E-state index in [1.165, 1.54) is 0 Å². The molecule has 1 fully saturated rings. The Morgan fingerprint density at radius 3 is 3.00 bits per heavy atom. The van der Waals surface area contributed by atoms with Gasteiger partial charge in [-0.2, -0.15) is 0 Å². The summed E-state index contributed by atoms with van der Waals surface area (Å²) in [6.07, 6.45) is 6.13. The summed E-state index contributed by atoms with van der Waals surface area (Å²) in [7, 11) is -2.76. The van der Waals surface area contributed by atoms with Crippen molar-refractivity contribution in [3.8, 4) is 0 Å². The highest BCUT2D eigenvalue weighted by Gasteiger charge is 2.26. The van der Waals surface area contributed by atoms with E-state index in [-0.39, 0.29) is 11.8 Å². The summed E-state index contributed by atoms with van der Waals surface area (Å²) < 4.78 is 24.3. The van der Waals surface area contributed by atoms with Crippen molar-refractivity contribution in [3.63, 3.8) is 0 Å². The van der Waals surface area contributed by atoms with Gasteiger partial charge in [0.05, 0.1) is 17.8 Å². The van der Waals surface area contributed by atoms with Gasteiger partial charge in [0.1, 0.15) is 0 Å². The fourth-order valence-corrected chi connectivity index (χ4v) is 3.48. The zero-order valence-corrected chi connectivity index (χ0v) is 9.28. The third kappa shape index (κ3) is 3.04. The number of aromatic nitrogens is 2. The summed E-state index contributed by atoms with van der Waals surface area (Å²) in [5.74, 6) is 0.618. The lowest BCUT2D eigenvalue weighted by molar-refractivity contribution is 0.519. The SMILES string of the molecule is O=S1(=O)CCC(NCCn2ccnc2)C1. The normalized spacial score (nSPS) is 24.4. The minimum Gasteiger partial charge on any atom is -0.336 e. The van der Waals surface area contributed by atoms with E-state index < -0.39 is 9.84 Å². The lowest BCUT2D eigenvalue weighted by Gasteiger charge is -2.10. The van der Waals surface area contributed by atoms with E-state index in [9.17, 15) is 8.42 Å². The van der Waals surface area contributed by atoms with Crippen LogP contribution >= 0.6 is 0 Å². The predicted molar refractivity (Wildman–Crippen MR) is 57.3 cm³/mol. The first-order valence-corrected chi connectivity index (χ1v) is 6.87. The van der Waals surface area contributed by atoms with E-state index in [1.54, 1.807) is 12.5 Å². The molecule has 0 saturated carbocycles. The molecule has 0 radical (unpaired) electrons. The van der Waals surface area contributed by atoms with Gasteiger partial charge in [-0.15, -0.1) is 0 Å². The molecule has 0 amide bonds. The van der Waals surface area contributed by atoms with Crippen molar-refractivity contribution in [3.05, 3.63) is 18.7 Å². The molecule has 1 N–H and O–H groups in total. The van der Waals surface area contributed by atoms with Gasteiger partial charge >= 0.3 is 0 Å². The summed E-state index contributed by atoms with van der Waals surface area (Å²) in [6, 6.07) is 0.138. The van der Waals surface area contributed by atoms with Gasteiger partial charge in [-0.1, -0.05) is 0 Å². The van der Waals surface area contributed by atoms with Gasteiger partial charge in [-0.25, -0.2) is 13.4 Å². The smallest absolute Gasteiger partial charge is 0.151 e. The van der Waals surface area contributed by atoms with Gasteiger partial charge in [0.25, 0.3) is 0 Å². The van der Waals surface area contributed by atoms with Crippen LogP contribution in [0.2, 0.25) is 0 Å². The standard InChI is InChI=1S/C9H15N3O2S/c13-15(14)6-1-9(7-15)11-3-5-12-4-2-10-8-12/h2,4,8-9,11H,1,3,5-7H2. The highest BCUT2D eigenvalue weighted by atomic mass is 32.2. The van der Waals surface area contributed by atoms with Crippen LogP contribution in [0.15, 0.2) is 18.7 Å². The summed E-state index contributed by atoms with van der Waals surface area (Å²) >= 11 is 0. The van der Waals surface area contributed by atoms with Crippen molar-refractivity contribution >= 4 is 9.84 Å².